The lowest BCUT2D eigenvalue weighted by Gasteiger charge is -2.22. The molecule has 1 aromatic carbocycles. The standard InChI is InChI=1S/C13H21NO2/c1-9(2)14-12(8-15)11-7-10(3)5-6-13(11)16-4/h5-7,9,12,14-15H,8H2,1-4H3. The Morgan fingerprint density at radius 2 is 2.06 bits per heavy atom. The fourth-order valence-electron chi connectivity index (χ4n) is 1.77. The van der Waals surface area contributed by atoms with Crippen LogP contribution in [0.25, 0.3) is 0 Å². The van der Waals surface area contributed by atoms with Crippen molar-refractivity contribution in [3.63, 3.8) is 0 Å². The molecule has 3 heteroatoms. The molecular weight excluding hydrogens is 202 g/mol. The van der Waals surface area contributed by atoms with E-state index >= 15 is 0 Å². The van der Waals surface area contributed by atoms with E-state index in [9.17, 15) is 5.11 Å². The minimum Gasteiger partial charge on any atom is -0.496 e. The monoisotopic (exact) mass is 223 g/mol. The third kappa shape index (κ3) is 3.22. The Bertz CT molecular complexity index is 337. The first kappa shape index (κ1) is 13.0. The van der Waals surface area contributed by atoms with Crippen LogP contribution in [0.3, 0.4) is 0 Å². The lowest BCUT2D eigenvalue weighted by molar-refractivity contribution is 0.234. The van der Waals surface area contributed by atoms with Crippen molar-refractivity contribution in [3.05, 3.63) is 29.3 Å². The van der Waals surface area contributed by atoms with Crippen LogP contribution >= 0.6 is 0 Å². The van der Waals surface area contributed by atoms with Gasteiger partial charge < -0.3 is 15.2 Å². The summed E-state index contributed by atoms with van der Waals surface area (Å²) in [6.07, 6.45) is 0. The van der Waals surface area contributed by atoms with E-state index in [4.69, 9.17) is 4.74 Å². The second kappa shape index (κ2) is 5.87. The van der Waals surface area contributed by atoms with E-state index in [-0.39, 0.29) is 12.6 Å². The number of nitrogens with one attached hydrogen (secondary N) is 1. The molecular formula is C13H21NO2. The summed E-state index contributed by atoms with van der Waals surface area (Å²) in [5.41, 5.74) is 2.18. The van der Waals surface area contributed by atoms with Crippen LogP contribution in [-0.4, -0.2) is 24.9 Å². The number of aliphatic hydroxyl groups is 1. The minimum absolute atomic E-state index is 0.0675. The van der Waals surface area contributed by atoms with Crippen molar-refractivity contribution in [3.8, 4) is 5.75 Å². The molecule has 1 atom stereocenters. The van der Waals surface area contributed by atoms with Crippen molar-refractivity contribution >= 4 is 0 Å². The summed E-state index contributed by atoms with van der Waals surface area (Å²) >= 11 is 0. The normalized spacial score (nSPS) is 12.9. The van der Waals surface area contributed by atoms with Crippen molar-refractivity contribution in [2.45, 2.75) is 32.9 Å². The lowest BCUT2D eigenvalue weighted by atomic mass is 10.0. The zero-order chi connectivity index (χ0) is 12.1. The first-order valence-corrected chi connectivity index (χ1v) is 5.60. The first-order chi connectivity index (χ1) is 7.58. The number of aliphatic hydroxyl groups excluding tert-OH is 1. The Labute approximate surface area is 97.4 Å². The highest BCUT2D eigenvalue weighted by molar-refractivity contribution is 5.39. The van der Waals surface area contributed by atoms with Gasteiger partial charge in [0.05, 0.1) is 19.8 Å². The molecule has 0 amide bonds. The van der Waals surface area contributed by atoms with Crippen molar-refractivity contribution in [1.29, 1.82) is 0 Å². The van der Waals surface area contributed by atoms with E-state index in [1.165, 1.54) is 5.56 Å². The van der Waals surface area contributed by atoms with Gasteiger partial charge in [0.25, 0.3) is 0 Å². The van der Waals surface area contributed by atoms with Crippen LogP contribution in [0.4, 0.5) is 0 Å². The van der Waals surface area contributed by atoms with Gasteiger partial charge in [0, 0.05) is 11.6 Å². The van der Waals surface area contributed by atoms with E-state index < -0.39 is 0 Å². The van der Waals surface area contributed by atoms with Gasteiger partial charge in [-0.25, -0.2) is 0 Å². The quantitative estimate of drug-likeness (QED) is 0.802. The number of rotatable bonds is 5. The van der Waals surface area contributed by atoms with E-state index in [2.05, 4.69) is 25.2 Å². The maximum Gasteiger partial charge on any atom is 0.123 e. The van der Waals surface area contributed by atoms with Crippen molar-refractivity contribution in [2.24, 2.45) is 0 Å². The number of ether oxygens (including phenoxy) is 1. The molecule has 1 rings (SSSR count). The highest BCUT2D eigenvalue weighted by Gasteiger charge is 2.15. The molecule has 0 fully saturated rings. The first-order valence-electron chi connectivity index (χ1n) is 5.60. The fourth-order valence-corrected chi connectivity index (χ4v) is 1.77. The molecule has 0 spiro atoms. The number of benzene rings is 1. The minimum atomic E-state index is -0.0742. The van der Waals surface area contributed by atoms with Gasteiger partial charge in [0.2, 0.25) is 0 Å². The molecule has 0 bridgehead atoms. The molecule has 3 nitrogen and oxygen atoms in total. The van der Waals surface area contributed by atoms with Crippen LogP contribution in [0.1, 0.15) is 31.0 Å². The molecule has 16 heavy (non-hydrogen) atoms. The molecule has 0 aliphatic rings. The van der Waals surface area contributed by atoms with Gasteiger partial charge in [0.1, 0.15) is 5.75 Å². The summed E-state index contributed by atoms with van der Waals surface area (Å²) in [5.74, 6) is 0.817. The Balaban J connectivity index is 3.02. The maximum absolute atomic E-state index is 9.42. The summed E-state index contributed by atoms with van der Waals surface area (Å²) in [5, 5.41) is 12.7. The molecule has 1 unspecified atom stereocenters. The molecule has 0 aliphatic carbocycles. The van der Waals surface area contributed by atoms with E-state index in [0.29, 0.717) is 6.04 Å². The fraction of sp³-hybridized carbons (Fsp3) is 0.538. The zero-order valence-corrected chi connectivity index (χ0v) is 10.4. The Kier molecular flexibility index (Phi) is 4.77. The third-order valence-electron chi connectivity index (χ3n) is 2.48. The smallest absolute Gasteiger partial charge is 0.123 e. The largest absolute Gasteiger partial charge is 0.496 e. The molecule has 0 aliphatic heterocycles. The number of methoxy groups -OCH3 is 1. The van der Waals surface area contributed by atoms with Crippen LogP contribution in [0.5, 0.6) is 5.75 Å². The summed E-state index contributed by atoms with van der Waals surface area (Å²) in [7, 11) is 1.65. The average Bonchev–Trinajstić information content (AvgIpc) is 2.25. The number of hydrogen-bond donors (Lipinski definition) is 2. The van der Waals surface area contributed by atoms with Crippen LogP contribution in [0, 0.1) is 6.92 Å². The third-order valence-corrected chi connectivity index (χ3v) is 2.48. The molecule has 90 valence electrons. The van der Waals surface area contributed by atoms with Gasteiger partial charge in [0.15, 0.2) is 0 Å². The molecule has 0 aromatic heterocycles. The van der Waals surface area contributed by atoms with Gasteiger partial charge in [-0.3, -0.25) is 0 Å². The zero-order valence-electron chi connectivity index (χ0n) is 10.4. The van der Waals surface area contributed by atoms with E-state index in [0.717, 1.165) is 11.3 Å². The highest BCUT2D eigenvalue weighted by Crippen LogP contribution is 2.26. The summed E-state index contributed by atoms with van der Waals surface area (Å²) in [6, 6.07) is 6.24. The molecule has 0 radical (unpaired) electrons. The van der Waals surface area contributed by atoms with Gasteiger partial charge in [-0.15, -0.1) is 0 Å². The molecule has 0 heterocycles. The van der Waals surface area contributed by atoms with Crippen LogP contribution in [-0.2, 0) is 0 Å². The topological polar surface area (TPSA) is 41.5 Å². The molecule has 0 saturated heterocycles. The van der Waals surface area contributed by atoms with Gasteiger partial charge in [-0.05, 0) is 13.0 Å². The van der Waals surface area contributed by atoms with Crippen LogP contribution < -0.4 is 10.1 Å². The predicted molar refractivity (Wildman–Crippen MR) is 65.8 cm³/mol. The van der Waals surface area contributed by atoms with Gasteiger partial charge >= 0.3 is 0 Å². The van der Waals surface area contributed by atoms with Gasteiger partial charge in [-0.2, -0.15) is 0 Å². The summed E-state index contributed by atoms with van der Waals surface area (Å²) < 4.78 is 5.31. The highest BCUT2D eigenvalue weighted by atomic mass is 16.5. The second-order valence-corrected chi connectivity index (χ2v) is 4.30. The summed E-state index contributed by atoms with van der Waals surface area (Å²) in [4.78, 5) is 0. The second-order valence-electron chi connectivity index (χ2n) is 4.30. The lowest BCUT2D eigenvalue weighted by Crippen LogP contribution is -2.30. The SMILES string of the molecule is COc1ccc(C)cc1C(CO)NC(C)C. The van der Waals surface area contributed by atoms with Gasteiger partial charge in [-0.1, -0.05) is 31.5 Å². The number of aryl methyl sites for hydroxylation is 1. The van der Waals surface area contributed by atoms with Crippen LogP contribution in [0.15, 0.2) is 18.2 Å². The molecule has 1 aromatic rings. The molecule has 0 saturated carbocycles. The summed E-state index contributed by atoms with van der Waals surface area (Å²) in [6.45, 7) is 6.22. The Morgan fingerprint density at radius 3 is 2.56 bits per heavy atom. The maximum atomic E-state index is 9.42. The average molecular weight is 223 g/mol. The van der Waals surface area contributed by atoms with Crippen molar-refractivity contribution in [1.82, 2.24) is 5.32 Å². The molecule has 2 N–H and O–H groups in total. The van der Waals surface area contributed by atoms with Crippen molar-refractivity contribution in [2.75, 3.05) is 13.7 Å². The number of hydrogen-bond acceptors (Lipinski definition) is 3. The van der Waals surface area contributed by atoms with E-state index in [1.54, 1.807) is 7.11 Å². The predicted octanol–water partition coefficient (Wildman–Crippen LogP) is 2.04. The Hall–Kier alpha value is -1.06. The van der Waals surface area contributed by atoms with Crippen LogP contribution in [0.2, 0.25) is 0 Å². The Morgan fingerprint density at radius 1 is 1.38 bits per heavy atom. The van der Waals surface area contributed by atoms with E-state index in [1.807, 2.05) is 19.1 Å². The van der Waals surface area contributed by atoms with Crippen molar-refractivity contribution < 1.29 is 9.84 Å².